The number of hydrogen-bond donors (Lipinski definition) is 1. The molecule has 0 aliphatic carbocycles. The number of benzene rings is 1. The highest BCUT2D eigenvalue weighted by atomic mass is 16.2. The number of nitrogens with zero attached hydrogens (tertiary/aromatic N) is 3. The van der Waals surface area contributed by atoms with E-state index in [0.717, 1.165) is 18.9 Å². The van der Waals surface area contributed by atoms with Gasteiger partial charge in [0, 0.05) is 37.9 Å². The monoisotopic (exact) mass is 380 g/mol. The molecule has 2 amide bonds. The summed E-state index contributed by atoms with van der Waals surface area (Å²) in [5, 5.41) is 2.83. The molecule has 1 atom stereocenters. The van der Waals surface area contributed by atoms with Crippen LogP contribution < -0.4 is 10.2 Å². The summed E-state index contributed by atoms with van der Waals surface area (Å²) in [7, 11) is 0. The molecule has 1 aliphatic heterocycles. The van der Waals surface area contributed by atoms with Gasteiger partial charge in [-0.3, -0.25) is 9.59 Å². The highest BCUT2D eigenvalue weighted by molar-refractivity contribution is 5.97. The van der Waals surface area contributed by atoms with Gasteiger partial charge in [-0.2, -0.15) is 0 Å². The Labute approximate surface area is 166 Å². The normalized spacial score (nSPS) is 15.4. The zero-order valence-electron chi connectivity index (χ0n) is 16.8. The molecule has 148 valence electrons. The maximum atomic E-state index is 12.7. The van der Waals surface area contributed by atoms with Gasteiger partial charge in [0.1, 0.15) is 11.9 Å². The Morgan fingerprint density at radius 3 is 2.21 bits per heavy atom. The van der Waals surface area contributed by atoms with E-state index in [2.05, 4.69) is 29.0 Å². The standard InChI is InChI=1S/C22H28N4O2/c1-16(2)18-7-9-19(10-8-18)21(27)24-17(3)22(28)26-14-12-25(13-15-26)20-6-4-5-11-23-20/h4-11,16-17H,12-15H2,1-3H3,(H,24,27)/t17-/m1/s1. The molecule has 2 heterocycles. The number of amides is 2. The van der Waals surface area contributed by atoms with Crippen molar-refractivity contribution in [3.05, 3.63) is 59.8 Å². The van der Waals surface area contributed by atoms with Crippen LogP contribution in [0, 0.1) is 0 Å². The molecule has 1 aromatic carbocycles. The van der Waals surface area contributed by atoms with Crippen molar-refractivity contribution in [3.8, 4) is 0 Å². The number of piperazine rings is 1. The minimum Gasteiger partial charge on any atom is -0.353 e. The molecule has 1 aliphatic rings. The lowest BCUT2D eigenvalue weighted by Crippen LogP contribution is -2.54. The van der Waals surface area contributed by atoms with Gasteiger partial charge in [-0.15, -0.1) is 0 Å². The summed E-state index contributed by atoms with van der Waals surface area (Å²) in [5.74, 6) is 1.08. The summed E-state index contributed by atoms with van der Waals surface area (Å²) in [6.07, 6.45) is 1.78. The van der Waals surface area contributed by atoms with Crippen LogP contribution in [-0.4, -0.2) is 53.9 Å². The summed E-state index contributed by atoms with van der Waals surface area (Å²) in [6, 6.07) is 12.8. The number of aromatic nitrogens is 1. The largest absolute Gasteiger partial charge is 0.353 e. The first kappa shape index (κ1) is 19.9. The maximum Gasteiger partial charge on any atom is 0.251 e. The van der Waals surface area contributed by atoms with Crippen LogP contribution in [0.1, 0.15) is 42.6 Å². The molecule has 0 bridgehead atoms. The molecule has 1 saturated heterocycles. The van der Waals surface area contributed by atoms with E-state index < -0.39 is 6.04 Å². The Balaban J connectivity index is 1.52. The predicted molar refractivity (Wildman–Crippen MR) is 110 cm³/mol. The van der Waals surface area contributed by atoms with E-state index in [1.807, 2.05) is 47.4 Å². The first-order chi connectivity index (χ1) is 13.5. The second-order valence-corrected chi connectivity index (χ2v) is 7.47. The molecule has 6 heteroatoms. The van der Waals surface area contributed by atoms with Crippen molar-refractivity contribution < 1.29 is 9.59 Å². The second kappa shape index (κ2) is 8.87. The molecule has 6 nitrogen and oxygen atoms in total. The Kier molecular flexibility index (Phi) is 6.29. The zero-order chi connectivity index (χ0) is 20.1. The van der Waals surface area contributed by atoms with Crippen molar-refractivity contribution in [1.82, 2.24) is 15.2 Å². The molecule has 1 aromatic heterocycles. The summed E-state index contributed by atoms with van der Waals surface area (Å²) in [5.41, 5.74) is 1.76. The minimum absolute atomic E-state index is 0.0483. The lowest BCUT2D eigenvalue weighted by atomic mass is 10.0. The molecule has 2 aromatic rings. The quantitative estimate of drug-likeness (QED) is 0.866. The van der Waals surface area contributed by atoms with Crippen molar-refractivity contribution in [2.24, 2.45) is 0 Å². The topological polar surface area (TPSA) is 65.5 Å². The van der Waals surface area contributed by atoms with Crippen LogP contribution >= 0.6 is 0 Å². The van der Waals surface area contributed by atoms with Gasteiger partial charge in [0.2, 0.25) is 5.91 Å². The number of nitrogens with one attached hydrogen (secondary N) is 1. The average Bonchev–Trinajstić information content (AvgIpc) is 2.74. The van der Waals surface area contributed by atoms with E-state index in [1.165, 1.54) is 5.56 Å². The Hall–Kier alpha value is -2.89. The summed E-state index contributed by atoms with van der Waals surface area (Å²) in [4.78, 5) is 33.5. The number of hydrogen-bond acceptors (Lipinski definition) is 4. The fourth-order valence-electron chi connectivity index (χ4n) is 3.33. The number of rotatable bonds is 5. The number of pyridine rings is 1. The van der Waals surface area contributed by atoms with Crippen LogP contribution in [-0.2, 0) is 4.79 Å². The minimum atomic E-state index is -0.557. The highest BCUT2D eigenvalue weighted by Crippen LogP contribution is 2.15. The van der Waals surface area contributed by atoms with Crippen LogP contribution in [0.2, 0.25) is 0 Å². The van der Waals surface area contributed by atoms with Crippen LogP contribution in [0.5, 0.6) is 0 Å². The van der Waals surface area contributed by atoms with Crippen molar-refractivity contribution in [1.29, 1.82) is 0 Å². The van der Waals surface area contributed by atoms with Crippen LogP contribution in [0.4, 0.5) is 5.82 Å². The van der Waals surface area contributed by atoms with Crippen molar-refractivity contribution in [2.45, 2.75) is 32.7 Å². The van der Waals surface area contributed by atoms with E-state index in [4.69, 9.17) is 0 Å². The lowest BCUT2D eigenvalue weighted by molar-refractivity contribution is -0.133. The fourth-order valence-corrected chi connectivity index (χ4v) is 3.33. The molecule has 1 fully saturated rings. The number of anilines is 1. The van der Waals surface area contributed by atoms with E-state index >= 15 is 0 Å². The smallest absolute Gasteiger partial charge is 0.251 e. The summed E-state index contributed by atoms with van der Waals surface area (Å²) >= 11 is 0. The van der Waals surface area contributed by atoms with Gasteiger partial charge in [0.15, 0.2) is 0 Å². The second-order valence-electron chi connectivity index (χ2n) is 7.47. The van der Waals surface area contributed by atoms with E-state index in [-0.39, 0.29) is 11.8 Å². The van der Waals surface area contributed by atoms with Crippen molar-refractivity contribution >= 4 is 17.6 Å². The van der Waals surface area contributed by atoms with Gasteiger partial charge in [-0.05, 0) is 42.7 Å². The molecular weight excluding hydrogens is 352 g/mol. The fraction of sp³-hybridized carbons (Fsp3) is 0.409. The van der Waals surface area contributed by atoms with Gasteiger partial charge in [0.25, 0.3) is 5.91 Å². The molecule has 0 unspecified atom stereocenters. The van der Waals surface area contributed by atoms with Gasteiger partial charge in [-0.25, -0.2) is 4.98 Å². The van der Waals surface area contributed by atoms with E-state index in [1.54, 1.807) is 13.1 Å². The summed E-state index contributed by atoms with van der Waals surface area (Å²) < 4.78 is 0. The third-order valence-electron chi connectivity index (χ3n) is 5.12. The molecule has 1 N–H and O–H groups in total. The Morgan fingerprint density at radius 2 is 1.64 bits per heavy atom. The number of carbonyl (C=O) groups excluding carboxylic acids is 2. The molecule has 3 rings (SSSR count). The Bertz CT molecular complexity index is 797. The van der Waals surface area contributed by atoms with Gasteiger partial charge < -0.3 is 15.1 Å². The molecular formula is C22H28N4O2. The van der Waals surface area contributed by atoms with Crippen LogP contribution in [0.3, 0.4) is 0 Å². The highest BCUT2D eigenvalue weighted by Gasteiger charge is 2.26. The SMILES string of the molecule is CC(C)c1ccc(C(=O)N[C@H](C)C(=O)N2CCN(c3ccccn3)CC2)cc1. The molecule has 0 spiro atoms. The number of carbonyl (C=O) groups is 2. The molecule has 0 radical (unpaired) electrons. The van der Waals surface area contributed by atoms with Crippen molar-refractivity contribution in [3.63, 3.8) is 0 Å². The predicted octanol–water partition coefficient (Wildman–Crippen LogP) is 2.67. The molecule has 0 saturated carbocycles. The third kappa shape index (κ3) is 4.68. The van der Waals surface area contributed by atoms with Crippen molar-refractivity contribution in [2.75, 3.05) is 31.1 Å². The van der Waals surface area contributed by atoms with E-state index in [9.17, 15) is 9.59 Å². The maximum absolute atomic E-state index is 12.7. The van der Waals surface area contributed by atoms with Gasteiger partial charge in [-0.1, -0.05) is 32.0 Å². The molecule has 28 heavy (non-hydrogen) atoms. The first-order valence-corrected chi connectivity index (χ1v) is 9.81. The first-order valence-electron chi connectivity index (χ1n) is 9.81. The van der Waals surface area contributed by atoms with Gasteiger partial charge >= 0.3 is 0 Å². The average molecular weight is 380 g/mol. The lowest BCUT2D eigenvalue weighted by Gasteiger charge is -2.36. The third-order valence-corrected chi connectivity index (χ3v) is 5.12. The zero-order valence-corrected chi connectivity index (χ0v) is 16.8. The Morgan fingerprint density at radius 1 is 0.964 bits per heavy atom. The summed E-state index contributed by atoms with van der Waals surface area (Å²) in [6.45, 7) is 8.69. The van der Waals surface area contributed by atoms with Crippen LogP contribution in [0.15, 0.2) is 48.7 Å². The van der Waals surface area contributed by atoms with Crippen LogP contribution in [0.25, 0.3) is 0 Å². The van der Waals surface area contributed by atoms with Gasteiger partial charge in [0.05, 0.1) is 0 Å². The van der Waals surface area contributed by atoms with E-state index in [0.29, 0.717) is 24.6 Å².